The van der Waals surface area contributed by atoms with Crippen LogP contribution in [0, 0.1) is 19.8 Å². The zero-order valence-corrected chi connectivity index (χ0v) is 17.2. The maximum Gasteiger partial charge on any atom is 0.337 e. The van der Waals surface area contributed by atoms with Gasteiger partial charge in [0.15, 0.2) is 0 Å². The molecule has 0 aliphatic carbocycles. The number of rotatable bonds is 5. The van der Waals surface area contributed by atoms with E-state index in [9.17, 15) is 18.3 Å². The Hall–Kier alpha value is -2.54. The van der Waals surface area contributed by atoms with E-state index < -0.39 is 16.0 Å². The van der Waals surface area contributed by atoms with Gasteiger partial charge < -0.3 is 10.0 Å². The molecule has 2 N–H and O–H groups in total. The molecule has 28 heavy (non-hydrogen) atoms. The number of aryl methyl sites for hydroxylation is 2. The minimum absolute atomic E-state index is 0.0518. The Labute approximate surface area is 166 Å². The molecule has 3 rings (SSSR count). The van der Waals surface area contributed by atoms with Gasteiger partial charge in [-0.1, -0.05) is 24.6 Å². The first-order valence-corrected chi connectivity index (χ1v) is 10.9. The topological polar surface area (TPSA) is 86.7 Å². The molecule has 1 aliphatic rings. The van der Waals surface area contributed by atoms with Crippen molar-refractivity contribution >= 4 is 27.4 Å². The summed E-state index contributed by atoms with van der Waals surface area (Å²) in [5.74, 6) is -0.616. The van der Waals surface area contributed by atoms with Crippen molar-refractivity contribution in [1.29, 1.82) is 0 Å². The van der Waals surface area contributed by atoms with E-state index in [0.29, 0.717) is 11.5 Å². The molecular weight excluding hydrogens is 376 g/mol. The summed E-state index contributed by atoms with van der Waals surface area (Å²) in [6.45, 7) is 7.53. The molecule has 1 saturated heterocycles. The van der Waals surface area contributed by atoms with Crippen molar-refractivity contribution in [2.24, 2.45) is 5.92 Å². The summed E-state index contributed by atoms with van der Waals surface area (Å²) in [5.41, 5.74) is 2.40. The van der Waals surface area contributed by atoms with Crippen LogP contribution in [0.5, 0.6) is 0 Å². The molecule has 1 unspecified atom stereocenters. The molecular formula is C21H26N2O4S. The fourth-order valence-corrected chi connectivity index (χ4v) is 5.03. The van der Waals surface area contributed by atoms with E-state index in [0.717, 1.165) is 37.2 Å². The van der Waals surface area contributed by atoms with E-state index in [1.165, 1.54) is 6.07 Å². The number of carbonyl (C=O) groups is 1. The highest BCUT2D eigenvalue weighted by atomic mass is 32.2. The van der Waals surface area contributed by atoms with Gasteiger partial charge in [-0.15, -0.1) is 0 Å². The lowest BCUT2D eigenvalue weighted by molar-refractivity contribution is 0.0698. The number of nitrogens with one attached hydrogen (secondary N) is 1. The monoisotopic (exact) mass is 402 g/mol. The van der Waals surface area contributed by atoms with E-state index in [1.54, 1.807) is 37.3 Å². The van der Waals surface area contributed by atoms with Gasteiger partial charge in [0, 0.05) is 18.8 Å². The van der Waals surface area contributed by atoms with Crippen molar-refractivity contribution < 1.29 is 18.3 Å². The Morgan fingerprint density at radius 1 is 1.18 bits per heavy atom. The predicted molar refractivity (Wildman–Crippen MR) is 111 cm³/mol. The Balaban J connectivity index is 1.94. The van der Waals surface area contributed by atoms with Gasteiger partial charge in [0.05, 0.1) is 16.1 Å². The Bertz CT molecular complexity index is 1000. The first-order chi connectivity index (χ1) is 13.2. The van der Waals surface area contributed by atoms with Crippen LogP contribution in [-0.2, 0) is 10.0 Å². The summed E-state index contributed by atoms with van der Waals surface area (Å²) >= 11 is 0. The first kappa shape index (κ1) is 20.2. The van der Waals surface area contributed by atoms with Gasteiger partial charge in [-0.05, 0) is 62.4 Å². The Morgan fingerprint density at radius 3 is 2.57 bits per heavy atom. The van der Waals surface area contributed by atoms with Crippen molar-refractivity contribution in [3.8, 4) is 0 Å². The van der Waals surface area contributed by atoms with Crippen LogP contribution in [0.3, 0.4) is 0 Å². The van der Waals surface area contributed by atoms with Crippen molar-refractivity contribution in [3.63, 3.8) is 0 Å². The predicted octanol–water partition coefficient (Wildman–Crippen LogP) is 4.04. The zero-order chi connectivity index (χ0) is 20.5. The average Bonchev–Trinajstić information content (AvgIpc) is 2.61. The summed E-state index contributed by atoms with van der Waals surface area (Å²) in [5, 5.41) is 9.65. The molecule has 1 heterocycles. The normalized spacial score (nSPS) is 17.4. The van der Waals surface area contributed by atoms with Crippen molar-refractivity contribution in [2.45, 2.75) is 38.5 Å². The highest BCUT2D eigenvalue weighted by Gasteiger charge is 2.23. The third kappa shape index (κ3) is 4.30. The third-order valence-corrected chi connectivity index (χ3v) is 6.65. The number of benzene rings is 2. The first-order valence-electron chi connectivity index (χ1n) is 9.40. The summed E-state index contributed by atoms with van der Waals surface area (Å²) < 4.78 is 28.1. The Kier molecular flexibility index (Phi) is 5.65. The van der Waals surface area contributed by atoms with Gasteiger partial charge in [0.1, 0.15) is 0 Å². The molecule has 0 saturated carbocycles. The van der Waals surface area contributed by atoms with Gasteiger partial charge in [-0.3, -0.25) is 4.72 Å². The molecule has 2 aromatic carbocycles. The number of aromatic carboxylic acids is 1. The second-order valence-electron chi connectivity index (χ2n) is 7.60. The number of nitrogens with zero attached hydrogens (tertiary/aromatic N) is 1. The maximum atomic E-state index is 12.8. The lowest BCUT2D eigenvalue weighted by Crippen LogP contribution is -2.34. The standard InChI is InChI=1S/C21H26N2O4S/c1-14-6-9-20(16(3)11-14)28(26,27)22-19-8-7-17(12-18(19)21(24)25)23-10-4-5-15(2)13-23/h6-9,11-12,15,22H,4-5,10,13H2,1-3H3,(H,24,25). The number of sulfonamides is 1. The second kappa shape index (κ2) is 7.83. The molecule has 7 heteroatoms. The number of hydrogen-bond acceptors (Lipinski definition) is 4. The molecule has 6 nitrogen and oxygen atoms in total. The van der Waals surface area contributed by atoms with Crippen LogP contribution >= 0.6 is 0 Å². The molecule has 150 valence electrons. The van der Waals surface area contributed by atoms with E-state index in [2.05, 4.69) is 16.5 Å². The average molecular weight is 403 g/mol. The number of anilines is 2. The van der Waals surface area contributed by atoms with Gasteiger partial charge in [0.2, 0.25) is 0 Å². The van der Waals surface area contributed by atoms with Crippen molar-refractivity contribution in [3.05, 3.63) is 53.1 Å². The quantitative estimate of drug-likeness (QED) is 0.788. The van der Waals surface area contributed by atoms with Crippen molar-refractivity contribution in [2.75, 3.05) is 22.7 Å². The molecule has 0 bridgehead atoms. The third-order valence-electron chi connectivity index (χ3n) is 5.12. The van der Waals surface area contributed by atoms with Gasteiger partial charge >= 0.3 is 5.97 Å². The zero-order valence-electron chi connectivity index (χ0n) is 16.4. The Morgan fingerprint density at radius 2 is 1.93 bits per heavy atom. The van der Waals surface area contributed by atoms with Crippen LogP contribution in [0.1, 0.15) is 41.3 Å². The minimum Gasteiger partial charge on any atom is -0.478 e. The lowest BCUT2D eigenvalue weighted by Gasteiger charge is -2.33. The van der Waals surface area contributed by atoms with Crippen LogP contribution in [0.25, 0.3) is 0 Å². The van der Waals surface area contributed by atoms with Crippen LogP contribution in [0.15, 0.2) is 41.3 Å². The summed E-state index contributed by atoms with van der Waals surface area (Å²) in [6, 6.07) is 9.92. The summed E-state index contributed by atoms with van der Waals surface area (Å²) in [4.78, 5) is 14.1. The fraction of sp³-hybridized carbons (Fsp3) is 0.381. The number of piperidine rings is 1. The van der Waals surface area contributed by atoms with Crippen LogP contribution < -0.4 is 9.62 Å². The van der Waals surface area contributed by atoms with Crippen LogP contribution in [0.2, 0.25) is 0 Å². The smallest absolute Gasteiger partial charge is 0.337 e. The molecule has 1 atom stereocenters. The SMILES string of the molecule is Cc1ccc(S(=O)(=O)Nc2ccc(N3CCCC(C)C3)cc2C(=O)O)c(C)c1. The highest BCUT2D eigenvalue weighted by molar-refractivity contribution is 7.92. The van der Waals surface area contributed by atoms with Gasteiger partial charge in [-0.2, -0.15) is 0 Å². The fourth-order valence-electron chi connectivity index (χ4n) is 3.72. The van der Waals surface area contributed by atoms with Gasteiger partial charge in [-0.25, -0.2) is 13.2 Å². The molecule has 0 amide bonds. The lowest BCUT2D eigenvalue weighted by atomic mass is 9.99. The molecule has 1 fully saturated rings. The number of carboxylic acid groups (broad SMARTS) is 1. The van der Waals surface area contributed by atoms with E-state index >= 15 is 0 Å². The molecule has 0 radical (unpaired) electrons. The van der Waals surface area contributed by atoms with Crippen LogP contribution in [0.4, 0.5) is 11.4 Å². The van der Waals surface area contributed by atoms with Crippen LogP contribution in [-0.4, -0.2) is 32.6 Å². The number of carboxylic acids is 1. The molecule has 0 spiro atoms. The van der Waals surface area contributed by atoms with E-state index in [4.69, 9.17) is 0 Å². The van der Waals surface area contributed by atoms with E-state index in [-0.39, 0.29) is 16.1 Å². The van der Waals surface area contributed by atoms with E-state index in [1.807, 2.05) is 6.92 Å². The summed E-state index contributed by atoms with van der Waals surface area (Å²) in [7, 11) is -3.89. The molecule has 2 aromatic rings. The highest BCUT2D eigenvalue weighted by Crippen LogP contribution is 2.29. The number of hydrogen-bond donors (Lipinski definition) is 2. The molecule has 1 aliphatic heterocycles. The second-order valence-corrected chi connectivity index (χ2v) is 9.25. The molecule has 0 aromatic heterocycles. The maximum absolute atomic E-state index is 12.8. The van der Waals surface area contributed by atoms with Crippen molar-refractivity contribution in [1.82, 2.24) is 0 Å². The largest absolute Gasteiger partial charge is 0.478 e. The summed E-state index contributed by atoms with van der Waals surface area (Å²) in [6.07, 6.45) is 2.22. The van der Waals surface area contributed by atoms with Gasteiger partial charge in [0.25, 0.3) is 10.0 Å². The minimum atomic E-state index is -3.89.